The van der Waals surface area contributed by atoms with E-state index >= 15 is 0 Å². The molecule has 4 nitrogen and oxygen atoms in total. The molecule has 1 aliphatic rings. The molecular formula is C22H20O4S. The van der Waals surface area contributed by atoms with Crippen molar-refractivity contribution in [2.75, 3.05) is 6.61 Å². The maximum Gasteiger partial charge on any atom is 0.320 e. The number of aryl methyl sites for hydroxylation is 1. The number of rotatable bonds is 5. The van der Waals surface area contributed by atoms with Crippen molar-refractivity contribution in [3.63, 3.8) is 0 Å². The van der Waals surface area contributed by atoms with Crippen LogP contribution in [0.15, 0.2) is 62.4 Å². The average molecular weight is 380 g/mol. The highest BCUT2D eigenvalue weighted by atomic mass is 32.1. The van der Waals surface area contributed by atoms with Crippen LogP contribution in [0.3, 0.4) is 0 Å². The quantitative estimate of drug-likeness (QED) is 0.604. The lowest BCUT2D eigenvalue weighted by Crippen LogP contribution is -2.26. The Hall–Kier alpha value is -2.66. The molecule has 2 aromatic heterocycles. The summed E-state index contributed by atoms with van der Waals surface area (Å²) in [5, 5.41) is 3.85. The van der Waals surface area contributed by atoms with E-state index in [1.54, 1.807) is 6.92 Å². The Morgan fingerprint density at radius 2 is 2.04 bits per heavy atom. The second kappa shape index (κ2) is 6.82. The van der Waals surface area contributed by atoms with Gasteiger partial charge in [-0.1, -0.05) is 29.8 Å². The predicted octanol–water partition coefficient (Wildman–Crippen LogP) is 4.67. The van der Waals surface area contributed by atoms with Gasteiger partial charge in [0.1, 0.15) is 16.9 Å². The Bertz CT molecular complexity index is 1020. The molecule has 0 radical (unpaired) electrons. The van der Waals surface area contributed by atoms with Crippen molar-refractivity contribution in [2.45, 2.75) is 31.6 Å². The minimum absolute atomic E-state index is 0.0574. The molecule has 0 saturated heterocycles. The Morgan fingerprint density at radius 1 is 1.26 bits per heavy atom. The second-order valence-electron chi connectivity index (χ2n) is 6.89. The molecule has 138 valence electrons. The summed E-state index contributed by atoms with van der Waals surface area (Å²) in [6.07, 6.45) is 0.574. The first-order valence-corrected chi connectivity index (χ1v) is 9.91. The van der Waals surface area contributed by atoms with Crippen molar-refractivity contribution in [2.24, 2.45) is 0 Å². The van der Waals surface area contributed by atoms with Crippen molar-refractivity contribution in [1.82, 2.24) is 0 Å². The summed E-state index contributed by atoms with van der Waals surface area (Å²) in [5.41, 5.74) is 1.95. The summed E-state index contributed by atoms with van der Waals surface area (Å²) in [6.45, 7) is 4.10. The molecule has 1 fully saturated rings. The Morgan fingerprint density at radius 3 is 2.70 bits per heavy atom. The van der Waals surface area contributed by atoms with Crippen LogP contribution in [0.2, 0.25) is 0 Å². The molecule has 2 heterocycles. The lowest BCUT2D eigenvalue weighted by molar-refractivity contribution is -0.146. The van der Waals surface area contributed by atoms with E-state index in [1.165, 1.54) is 23.5 Å². The molecule has 0 N–H and O–H groups in total. The van der Waals surface area contributed by atoms with E-state index in [1.807, 2.05) is 48.0 Å². The SMILES string of the molecule is CCOC(=O)[C@]1(c2cc(=O)cc(-c3ccsc3)o2)C[C@H]1c1ccc(C)cc1. The summed E-state index contributed by atoms with van der Waals surface area (Å²) in [7, 11) is 0. The summed E-state index contributed by atoms with van der Waals surface area (Å²) in [4.78, 5) is 25.2. The van der Waals surface area contributed by atoms with Crippen molar-refractivity contribution in [1.29, 1.82) is 0 Å². The molecule has 0 unspecified atom stereocenters. The zero-order chi connectivity index (χ0) is 19.0. The predicted molar refractivity (Wildman–Crippen MR) is 105 cm³/mol. The highest BCUT2D eigenvalue weighted by Gasteiger charge is 2.65. The fourth-order valence-electron chi connectivity index (χ4n) is 3.57. The van der Waals surface area contributed by atoms with Crippen molar-refractivity contribution >= 4 is 17.3 Å². The number of carbonyl (C=O) groups is 1. The number of carbonyl (C=O) groups excluding carboxylic acids is 1. The molecule has 0 bridgehead atoms. The maximum absolute atomic E-state index is 12.9. The number of ether oxygens (including phenoxy) is 1. The van der Waals surface area contributed by atoms with E-state index in [-0.39, 0.29) is 23.9 Å². The van der Waals surface area contributed by atoms with E-state index in [0.717, 1.165) is 16.7 Å². The van der Waals surface area contributed by atoms with Crippen LogP contribution < -0.4 is 5.43 Å². The largest absolute Gasteiger partial charge is 0.465 e. The monoisotopic (exact) mass is 380 g/mol. The van der Waals surface area contributed by atoms with E-state index < -0.39 is 5.41 Å². The maximum atomic E-state index is 12.9. The van der Waals surface area contributed by atoms with Crippen LogP contribution in [0.1, 0.15) is 36.1 Å². The van der Waals surface area contributed by atoms with Crippen LogP contribution >= 0.6 is 11.3 Å². The van der Waals surface area contributed by atoms with Crippen molar-refractivity contribution < 1.29 is 13.9 Å². The van der Waals surface area contributed by atoms with Crippen LogP contribution in [0.25, 0.3) is 11.3 Å². The molecule has 0 aliphatic heterocycles. The van der Waals surface area contributed by atoms with Crippen LogP contribution in [-0.4, -0.2) is 12.6 Å². The van der Waals surface area contributed by atoms with Gasteiger partial charge in [-0.2, -0.15) is 11.3 Å². The second-order valence-corrected chi connectivity index (χ2v) is 7.67. The molecule has 1 aromatic carbocycles. The van der Waals surface area contributed by atoms with Crippen LogP contribution in [0.5, 0.6) is 0 Å². The lowest BCUT2D eigenvalue weighted by atomic mass is 9.95. The van der Waals surface area contributed by atoms with E-state index in [4.69, 9.17) is 9.15 Å². The van der Waals surface area contributed by atoms with Crippen molar-refractivity contribution in [3.8, 4) is 11.3 Å². The molecule has 2 atom stereocenters. The lowest BCUT2D eigenvalue weighted by Gasteiger charge is -2.16. The zero-order valence-electron chi connectivity index (χ0n) is 15.2. The van der Waals surface area contributed by atoms with Gasteiger partial charge in [0.2, 0.25) is 0 Å². The van der Waals surface area contributed by atoms with Gasteiger partial charge in [-0.3, -0.25) is 9.59 Å². The first-order chi connectivity index (χ1) is 13.0. The third-order valence-corrected chi connectivity index (χ3v) is 5.78. The van der Waals surface area contributed by atoms with E-state index in [9.17, 15) is 9.59 Å². The van der Waals surface area contributed by atoms with Gasteiger partial charge < -0.3 is 9.15 Å². The molecule has 0 spiro atoms. The normalized spacial score (nSPS) is 21.0. The zero-order valence-corrected chi connectivity index (χ0v) is 16.0. The smallest absolute Gasteiger partial charge is 0.320 e. The topological polar surface area (TPSA) is 56.5 Å². The highest BCUT2D eigenvalue weighted by Crippen LogP contribution is 2.61. The molecule has 3 aromatic rings. The first-order valence-electron chi connectivity index (χ1n) is 8.96. The van der Waals surface area contributed by atoms with Crippen LogP contribution in [-0.2, 0) is 14.9 Å². The van der Waals surface area contributed by atoms with Gasteiger partial charge in [0.15, 0.2) is 5.43 Å². The van der Waals surface area contributed by atoms with Crippen molar-refractivity contribution in [3.05, 3.63) is 80.3 Å². The van der Waals surface area contributed by atoms with E-state index in [0.29, 0.717) is 17.9 Å². The minimum atomic E-state index is -0.934. The van der Waals surface area contributed by atoms with Gasteiger partial charge in [0.05, 0.1) is 6.61 Å². The Balaban J connectivity index is 1.80. The Kier molecular flexibility index (Phi) is 4.48. The van der Waals surface area contributed by atoms with Gasteiger partial charge in [0, 0.05) is 29.0 Å². The fraction of sp³-hybridized carbons (Fsp3) is 0.273. The van der Waals surface area contributed by atoms with Gasteiger partial charge in [0.25, 0.3) is 0 Å². The summed E-state index contributed by atoms with van der Waals surface area (Å²) in [6, 6.07) is 12.9. The number of esters is 1. The van der Waals surface area contributed by atoms with Gasteiger partial charge >= 0.3 is 5.97 Å². The molecule has 1 saturated carbocycles. The molecule has 5 heteroatoms. The third kappa shape index (κ3) is 3.12. The molecule has 27 heavy (non-hydrogen) atoms. The number of benzene rings is 1. The fourth-order valence-corrected chi connectivity index (χ4v) is 4.21. The Labute approximate surface area is 161 Å². The number of hydrogen-bond donors (Lipinski definition) is 0. The molecule has 4 rings (SSSR count). The summed E-state index contributed by atoms with van der Waals surface area (Å²) in [5.74, 6) is 0.483. The summed E-state index contributed by atoms with van der Waals surface area (Å²) >= 11 is 1.53. The molecule has 1 aliphatic carbocycles. The summed E-state index contributed by atoms with van der Waals surface area (Å²) < 4.78 is 11.4. The van der Waals surface area contributed by atoms with Gasteiger partial charge in [-0.15, -0.1) is 0 Å². The molecular weight excluding hydrogens is 360 g/mol. The van der Waals surface area contributed by atoms with Gasteiger partial charge in [-0.25, -0.2) is 0 Å². The van der Waals surface area contributed by atoms with Crippen LogP contribution in [0.4, 0.5) is 0 Å². The highest BCUT2D eigenvalue weighted by molar-refractivity contribution is 7.08. The first kappa shape index (κ1) is 17.7. The standard InChI is InChI=1S/C22H20O4S/c1-3-25-21(24)22(12-18(22)15-6-4-14(2)5-7-15)20-11-17(23)10-19(26-20)16-8-9-27-13-16/h4-11,13,18H,3,12H2,1-2H3/t18-,22+/m0/s1. The van der Waals surface area contributed by atoms with Crippen LogP contribution in [0, 0.1) is 6.92 Å². The number of hydrogen-bond acceptors (Lipinski definition) is 5. The molecule has 0 amide bonds. The average Bonchev–Trinajstić information content (AvgIpc) is 3.17. The minimum Gasteiger partial charge on any atom is -0.465 e. The van der Waals surface area contributed by atoms with Gasteiger partial charge in [-0.05, 0) is 37.3 Å². The third-order valence-electron chi connectivity index (χ3n) is 5.09. The number of thiophene rings is 1. The van der Waals surface area contributed by atoms with E-state index in [2.05, 4.69) is 0 Å².